The van der Waals surface area contributed by atoms with E-state index in [0.717, 1.165) is 48.7 Å². The molecule has 1 aromatic carbocycles. The molecule has 4 atom stereocenters. The predicted molar refractivity (Wildman–Crippen MR) is 173 cm³/mol. The summed E-state index contributed by atoms with van der Waals surface area (Å²) in [5.41, 5.74) is 3.46. The molecule has 0 spiro atoms. The number of benzene rings is 1. The van der Waals surface area contributed by atoms with E-state index in [0.29, 0.717) is 30.1 Å². The van der Waals surface area contributed by atoms with Gasteiger partial charge in [0.1, 0.15) is 17.8 Å². The summed E-state index contributed by atoms with van der Waals surface area (Å²) in [4.78, 5) is 36.6. The number of amidine groups is 1. The molecule has 3 aliphatic heterocycles. The molecule has 2 N–H and O–H groups in total. The van der Waals surface area contributed by atoms with Crippen LogP contribution in [0.5, 0.6) is 0 Å². The van der Waals surface area contributed by atoms with Gasteiger partial charge in [-0.05, 0) is 66.5 Å². The number of halogens is 1. The number of nitrogens with zero attached hydrogens (tertiary/aromatic N) is 5. The minimum Gasteiger partial charge on any atom is -0.359 e. The highest BCUT2D eigenvalue weighted by molar-refractivity contribution is 6.05. The van der Waals surface area contributed by atoms with Gasteiger partial charge in [-0.1, -0.05) is 45.0 Å². The average Bonchev–Trinajstić information content (AvgIpc) is 3.66. The van der Waals surface area contributed by atoms with Crippen molar-refractivity contribution in [2.75, 3.05) is 45.1 Å². The van der Waals surface area contributed by atoms with E-state index in [4.69, 9.17) is 9.52 Å². The standard InChI is InChI=1S/C34H42FN7O3/c1-21-16-27(37-33(44)38-30-19-29(45-39-30)34(2,3)4)26(35)18-25(21)28-20-36-31-17-24(10-11-42(28)31)22-6-8-23(9-7-22)32(43)41-14-12-40(5)13-15-41/h6-11,17-19,21,26-28H,12-16,20H2,1-5H3,(H2,37,38,39,44). The minimum atomic E-state index is -1.33. The van der Waals surface area contributed by atoms with Crippen LogP contribution < -0.4 is 10.6 Å². The van der Waals surface area contributed by atoms with Crippen LogP contribution in [0.25, 0.3) is 5.57 Å². The number of aromatic nitrogens is 1. The van der Waals surface area contributed by atoms with Crippen molar-refractivity contribution in [2.45, 2.75) is 57.8 Å². The topological polar surface area (TPSA) is 106 Å². The number of allylic oxidation sites excluding steroid dienone is 2. The fourth-order valence-corrected chi connectivity index (χ4v) is 6.30. The van der Waals surface area contributed by atoms with Gasteiger partial charge in [0.15, 0.2) is 5.82 Å². The van der Waals surface area contributed by atoms with Gasteiger partial charge in [0.2, 0.25) is 0 Å². The largest absolute Gasteiger partial charge is 0.359 e. The number of carbonyl (C=O) groups excluding carboxylic acids is 2. The van der Waals surface area contributed by atoms with Crippen LogP contribution in [-0.2, 0) is 5.41 Å². The number of likely N-dealkylation sites (N-methyl/N-ethyl adjacent to an activating group) is 1. The van der Waals surface area contributed by atoms with E-state index in [1.165, 1.54) is 0 Å². The Kier molecular flexibility index (Phi) is 8.39. The van der Waals surface area contributed by atoms with Crippen LogP contribution in [-0.4, -0.2) is 95.7 Å². The molecule has 45 heavy (non-hydrogen) atoms. The smallest absolute Gasteiger partial charge is 0.320 e. The van der Waals surface area contributed by atoms with Gasteiger partial charge in [0.05, 0.1) is 18.6 Å². The van der Waals surface area contributed by atoms with E-state index >= 15 is 4.39 Å². The Hall–Kier alpha value is -4.25. The first-order valence-electron chi connectivity index (χ1n) is 15.7. The van der Waals surface area contributed by atoms with Crippen LogP contribution in [0, 0.1) is 5.92 Å². The number of amides is 3. The summed E-state index contributed by atoms with van der Waals surface area (Å²) in [6, 6.07) is 8.19. The van der Waals surface area contributed by atoms with Gasteiger partial charge in [-0.2, -0.15) is 0 Å². The van der Waals surface area contributed by atoms with Gasteiger partial charge >= 0.3 is 6.03 Å². The monoisotopic (exact) mass is 615 g/mol. The fraction of sp³-hybridized carbons (Fsp3) is 0.471. The van der Waals surface area contributed by atoms with Crippen molar-refractivity contribution in [3.63, 3.8) is 0 Å². The fourth-order valence-electron chi connectivity index (χ4n) is 6.30. The number of urea groups is 1. The summed E-state index contributed by atoms with van der Waals surface area (Å²) in [5, 5.41) is 9.34. The summed E-state index contributed by atoms with van der Waals surface area (Å²) >= 11 is 0. The van der Waals surface area contributed by atoms with Gasteiger partial charge in [0.25, 0.3) is 5.91 Å². The molecule has 238 valence electrons. The molecule has 1 saturated heterocycles. The number of alkyl halides is 1. The third-order valence-corrected chi connectivity index (χ3v) is 9.09. The lowest BCUT2D eigenvalue weighted by molar-refractivity contribution is 0.0664. The van der Waals surface area contributed by atoms with Crippen LogP contribution in [0.2, 0.25) is 0 Å². The second-order valence-corrected chi connectivity index (χ2v) is 13.5. The van der Waals surface area contributed by atoms with Crippen LogP contribution in [0.3, 0.4) is 0 Å². The van der Waals surface area contributed by atoms with Gasteiger partial charge in [-0.15, -0.1) is 0 Å². The van der Waals surface area contributed by atoms with Gasteiger partial charge < -0.3 is 24.5 Å². The third-order valence-electron chi connectivity index (χ3n) is 9.09. The zero-order valence-corrected chi connectivity index (χ0v) is 26.6. The van der Waals surface area contributed by atoms with Crippen molar-refractivity contribution in [1.82, 2.24) is 25.2 Å². The molecule has 4 heterocycles. The highest BCUT2D eigenvalue weighted by Crippen LogP contribution is 2.35. The number of nitrogens with one attached hydrogen (secondary N) is 2. The van der Waals surface area contributed by atoms with Crippen molar-refractivity contribution in [3.05, 3.63) is 77.2 Å². The Morgan fingerprint density at radius 1 is 1.09 bits per heavy atom. The maximum absolute atomic E-state index is 15.4. The zero-order chi connectivity index (χ0) is 31.9. The predicted octanol–water partition coefficient (Wildman–Crippen LogP) is 4.85. The molecule has 1 aliphatic carbocycles. The molecular formula is C34H42FN7O3. The van der Waals surface area contributed by atoms with Crippen LogP contribution >= 0.6 is 0 Å². The van der Waals surface area contributed by atoms with Gasteiger partial charge in [0, 0.05) is 49.4 Å². The number of hydrogen-bond donors (Lipinski definition) is 2. The summed E-state index contributed by atoms with van der Waals surface area (Å²) in [5.74, 6) is 1.90. The second-order valence-electron chi connectivity index (χ2n) is 13.5. The molecule has 0 radical (unpaired) electrons. The normalized spacial score (nSPS) is 25.3. The molecule has 0 bridgehead atoms. The molecular weight excluding hydrogens is 573 g/mol. The van der Waals surface area contributed by atoms with Gasteiger partial charge in [-0.3, -0.25) is 15.1 Å². The molecule has 4 unspecified atom stereocenters. The maximum Gasteiger partial charge on any atom is 0.320 e. The van der Waals surface area contributed by atoms with Crippen molar-refractivity contribution in [1.29, 1.82) is 0 Å². The number of fused-ring (bicyclic) bond motifs is 1. The van der Waals surface area contributed by atoms with Crippen molar-refractivity contribution >= 4 is 29.2 Å². The molecule has 1 fully saturated rings. The summed E-state index contributed by atoms with van der Waals surface area (Å²) in [6.07, 6.45) is 6.88. The minimum absolute atomic E-state index is 0.0468. The number of carbonyl (C=O) groups is 2. The second kappa shape index (κ2) is 12.3. The maximum atomic E-state index is 15.4. The molecule has 11 heteroatoms. The number of aliphatic imine (C=N–C) groups is 1. The first kappa shape index (κ1) is 30.8. The quantitative estimate of drug-likeness (QED) is 0.466. The summed E-state index contributed by atoms with van der Waals surface area (Å²) in [7, 11) is 2.07. The lowest BCUT2D eigenvalue weighted by Gasteiger charge is -2.36. The van der Waals surface area contributed by atoms with Crippen LogP contribution in [0.4, 0.5) is 15.0 Å². The highest BCUT2D eigenvalue weighted by Gasteiger charge is 2.38. The van der Waals surface area contributed by atoms with Crippen LogP contribution in [0.1, 0.15) is 55.8 Å². The number of hydrogen-bond acceptors (Lipinski definition) is 7. The SMILES string of the molecule is CC1CC(NC(=O)Nc2cc(C(C)(C)C)on2)C(F)C=C1C1CN=C2C=C(c3ccc(C(=O)N4CCN(C)CC4)cc3)C=CN21. The molecule has 10 nitrogen and oxygen atoms in total. The van der Waals surface area contributed by atoms with Gasteiger partial charge in [-0.25, -0.2) is 9.18 Å². The third kappa shape index (κ3) is 6.58. The number of anilines is 1. The molecule has 6 rings (SSSR count). The Bertz CT molecular complexity index is 1560. The molecule has 4 aliphatic rings. The Morgan fingerprint density at radius 3 is 2.51 bits per heavy atom. The summed E-state index contributed by atoms with van der Waals surface area (Å²) < 4.78 is 20.8. The number of piperazine rings is 1. The number of rotatable bonds is 5. The van der Waals surface area contributed by atoms with Crippen LogP contribution in [0.15, 0.2) is 69.8 Å². The first-order chi connectivity index (χ1) is 21.5. The van der Waals surface area contributed by atoms with Crippen molar-refractivity contribution in [2.24, 2.45) is 10.9 Å². The average molecular weight is 616 g/mol. The molecule has 3 amide bonds. The van der Waals surface area contributed by atoms with E-state index in [1.54, 1.807) is 12.1 Å². The van der Waals surface area contributed by atoms with E-state index in [9.17, 15) is 9.59 Å². The Balaban J connectivity index is 1.06. The first-order valence-corrected chi connectivity index (χ1v) is 15.7. The van der Waals surface area contributed by atoms with Crippen molar-refractivity contribution < 1.29 is 18.5 Å². The van der Waals surface area contributed by atoms with Crippen molar-refractivity contribution in [3.8, 4) is 0 Å². The lowest BCUT2D eigenvalue weighted by Crippen LogP contribution is -2.48. The van der Waals surface area contributed by atoms with E-state index in [2.05, 4.69) is 39.6 Å². The molecule has 0 saturated carbocycles. The highest BCUT2D eigenvalue weighted by atomic mass is 19.1. The zero-order valence-electron chi connectivity index (χ0n) is 26.6. The lowest BCUT2D eigenvalue weighted by atomic mass is 9.81. The van der Waals surface area contributed by atoms with E-state index in [-0.39, 0.29) is 23.3 Å². The molecule has 2 aromatic rings. The Labute approximate surface area is 263 Å². The van der Waals surface area contributed by atoms with E-state index < -0.39 is 18.2 Å². The molecule has 1 aromatic heterocycles. The van der Waals surface area contributed by atoms with E-state index in [1.807, 2.05) is 68.3 Å². The Morgan fingerprint density at radius 2 is 1.82 bits per heavy atom. The summed E-state index contributed by atoms with van der Waals surface area (Å²) in [6.45, 7) is 11.8.